The second-order valence-corrected chi connectivity index (χ2v) is 5.55. The van der Waals surface area contributed by atoms with E-state index in [0.29, 0.717) is 22.8 Å². The molecule has 0 bridgehead atoms. The van der Waals surface area contributed by atoms with E-state index in [0.717, 1.165) is 0 Å². The fourth-order valence-corrected chi connectivity index (χ4v) is 2.34. The van der Waals surface area contributed by atoms with Crippen molar-refractivity contribution in [3.8, 4) is 5.75 Å². The molecule has 0 unspecified atom stereocenters. The Labute approximate surface area is 149 Å². The van der Waals surface area contributed by atoms with Gasteiger partial charge in [-0.3, -0.25) is 14.9 Å². The van der Waals surface area contributed by atoms with Crippen LogP contribution in [0.15, 0.2) is 22.6 Å². The standard InChI is InChI=1S/C17H18N2O7/c1-9-5-14(19(22)23)15(24-4)7-13(9)18-16(20)8-25-17(21)12-6-10(2)26-11(12)3/h5-7H,8H2,1-4H3,(H,18,20). The molecule has 0 aliphatic carbocycles. The van der Waals surface area contributed by atoms with Gasteiger partial charge in [-0.25, -0.2) is 4.79 Å². The number of esters is 1. The maximum absolute atomic E-state index is 12.0. The maximum atomic E-state index is 12.0. The molecule has 2 rings (SSSR count). The van der Waals surface area contributed by atoms with Gasteiger partial charge in [0.15, 0.2) is 12.4 Å². The first-order chi connectivity index (χ1) is 12.2. The molecule has 0 radical (unpaired) electrons. The van der Waals surface area contributed by atoms with Crippen LogP contribution in [-0.4, -0.2) is 30.5 Å². The first-order valence-corrected chi connectivity index (χ1v) is 7.60. The van der Waals surface area contributed by atoms with Crippen LogP contribution >= 0.6 is 0 Å². The molecule has 0 aliphatic heterocycles. The fraction of sp³-hybridized carbons (Fsp3) is 0.294. The Morgan fingerprint density at radius 2 is 1.92 bits per heavy atom. The molecule has 2 aromatic rings. The Balaban J connectivity index is 2.05. The second kappa shape index (κ2) is 7.68. The molecule has 1 aromatic heterocycles. The lowest BCUT2D eigenvalue weighted by molar-refractivity contribution is -0.385. The van der Waals surface area contributed by atoms with Crippen molar-refractivity contribution in [3.63, 3.8) is 0 Å². The van der Waals surface area contributed by atoms with Crippen molar-refractivity contribution in [1.82, 2.24) is 0 Å². The Bertz CT molecular complexity index is 870. The molecular weight excluding hydrogens is 344 g/mol. The largest absolute Gasteiger partial charge is 0.490 e. The summed E-state index contributed by atoms with van der Waals surface area (Å²) >= 11 is 0. The molecule has 1 heterocycles. The third-order valence-corrected chi connectivity index (χ3v) is 3.59. The highest BCUT2D eigenvalue weighted by Crippen LogP contribution is 2.32. The highest BCUT2D eigenvalue weighted by molar-refractivity contribution is 5.96. The van der Waals surface area contributed by atoms with Gasteiger partial charge >= 0.3 is 11.7 Å². The van der Waals surface area contributed by atoms with Gasteiger partial charge in [0.1, 0.15) is 17.1 Å². The number of benzene rings is 1. The first kappa shape index (κ1) is 19.0. The van der Waals surface area contributed by atoms with Gasteiger partial charge in [-0.05, 0) is 32.4 Å². The zero-order valence-electron chi connectivity index (χ0n) is 14.7. The number of carbonyl (C=O) groups is 2. The van der Waals surface area contributed by atoms with Crippen LogP contribution < -0.4 is 10.1 Å². The summed E-state index contributed by atoms with van der Waals surface area (Å²) in [6.07, 6.45) is 0. The van der Waals surface area contributed by atoms with E-state index in [1.807, 2.05) is 0 Å². The van der Waals surface area contributed by atoms with E-state index in [2.05, 4.69) is 5.32 Å². The van der Waals surface area contributed by atoms with E-state index in [1.54, 1.807) is 20.8 Å². The molecule has 1 aromatic carbocycles. The van der Waals surface area contributed by atoms with Crippen LogP contribution in [0.25, 0.3) is 0 Å². The third kappa shape index (κ3) is 4.18. The zero-order chi connectivity index (χ0) is 19.4. The minimum Gasteiger partial charge on any atom is -0.490 e. The van der Waals surface area contributed by atoms with Gasteiger partial charge in [0.05, 0.1) is 12.0 Å². The molecule has 9 nitrogen and oxygen atoms in total. The van der Waals surface area contributed by atoms with Gasteiger partial charge in [0.2, 0.25) is 0 Å². The van der Waals surface area contributed by atoms with Gasteiger partial charge in [-0.1, -0.05) is 0 Å². The summed E-state index contributed by atoms with van der Waals surface area (Å²) in [7, 11) is 1.29. The average molecular weight is 362 g/mol. The molecule has 0 atom stereocenters. The maximum Gasteiger partial charge on any atom is 0.342 e. The van der Waals surface area contributed by atoms with E-state index in [9.17, 15) is 19.7 Å². The van der Waals surface area contributed by atoms with Crippen molar-refractivity contribution in [2.24, 2.45) is 0 Å². The molecule has 26 heavy (non-hydrogen) atoms. The summed E-state index contributed by atoms with van der Waals surface area (Å²) in [6, 6.07) is 4.16. The fourth-order valence-electron chi connectivity index (χ4n) is 2.34. The minimum atomic E-state index is -0.674. The normalized spacial score (nSPS) is 10.3. The summed E-state index contributed by atoms with van der Waals surface area (Å²) in [4.78, 5) is 34.4. The summed E-state index contributed by atoms with van der Waals surface area (Å²) in [6.45, 7) is 4.41. The molecule has 0 spiro atoms. The van der Waals surface area contributed by atoms with Gasteiger partial charge in [-0.2, -0.15) is 0 Å². The van der Waals surface area contributed by atoms with Crippen molar-refractivity contribution in [3.05, 3.63) is 51.0 Å². The molecule has 1 amide bonds. The number of amides is 1. The summed E-state index contributed by atoms with van der Waals surface area (Å²) in [5.74, 6) is -0.281. The SMILES string of the molecule is COc1cc(NC(=O)COC(=O)c2cc(C)oc2C)c(C)cc1[N+](=O)[O-]. The molecular formula is C17H18N2O7. The van der Waals surface area contributed by atoms with Crippen LogP contribution in [0, 0.1) is 30.9 Å². The van der Waals surface area contributed by atoms with Gasteiger partial charge in [0.25, 0.3) is 5.91 Å². The van der Waals surface area contributed by atoms with Crippen molar-refractivity contribution in [2.45, 2.75) is 20.8 Å². The number of aryl methyl sites for hydroxylation is 3. The zero-order valence-corrected chi connectivity index (χ0v) is 14.7. The molecule has 0 aliphatic rings. The van der Waals surface area contributed by atoms with Crippen molar-refractivity contribution in [1.29, 1.82) is 0 Å². The number of hydrogen-bond donors (Lipinski definition) is 1. The Morgan fingerprint density at radius 1 is 1.23 bits per heavy atom. The summed E-state index contributed by atoms with van der Waals surface area (Å²) in [5.41, 5.74) is 0.839. The first-order valence-electron chi connectivity index (χ1n) is 7.60. The van der Waals surface area contributed by atoms with Gasteiger partial charge in [0, 0.05) is 17.8 Å². The van der Waals surface area contributed by atoms with Crippen LogP contribution in [-0.2, 0) is 9.53 Å². The topological polar surface area (TPSA) is 121 Å². The van der Waals surface area contributed by atoms with E-state index in [4.69, 9.17) is 13.9 Å². The quantitative estimate of drug-likeness (QED) is 0.476. The predicted molar refractivity (Wildman–Crippen MR) is 91.5 cm³/mol. The van der Waals surface area contributed by atoms with E-state index in [-0.39, 0.29) is 17.0 Å². The number of methoxy groups -OCH3 is 1. The average Bonchev–Trinajstić information content (AvgIpc) is 2.92. The summed E-state index contributed by atoms with van der Waals surface area (Å²) in [5, 5.41) is 13.5. The molecule has 0 saturated heterocycles. The summed E-state index contributed by atoms with van der Waals surface area (Å²) < 4.78 is 15.2. The third-order valence-electron chi connectivity index (χ3n) is 3.59. The van der Waals surface area contributed by atoms with Crippen molar-refractivity contribution in [2.75, 3.05) is 19.0 Å². The number of nitrogens with one attached hydrogen (secondary N) is 1. The van der Waals surface area contributed by atoms with Crippen LogP contribution in [0.1, 0.15) is 27.4 Å². The number of anilines is 1. The van der Waals surface area contributed by atoms with Crippen LogP contribution in [0.5, 0.6) is 5.75 Å². The number of hydrogen-bond acceptors (Lipinski definition) is 7. The Kier molecular flexibility index (Phi) is 5.61. The van der Waals surface area contributed by atoms with Crippen LogP contribution in [0.4, 0.5) is 11.4 Å². The molecule has 138 valence electrons. The number of ether oxygens (including phenoxy) is 2. The predicted octanol–water partition coefficient (Wildman–Crippen LogP) is 2.92. The van der Waals surface area contributed by atoms with Gasteiger partial charge in [-0.15, -0.1) is 0 Å². The lowest BCUT2D eigenvalue weighted by Crippen LogP contribution is -2.21. The second-order valence-electron chi connectivity index (χ2n) is 5.55. The number of nitro benzene ring substituents is 1. The van der Waals surface area contributed by atoms with Crippen molar-refractivity contribution >= 4 is 23.3 Å². The molecule has 1 N–H and O–H groups in total. The minimum absolute atomic E-state index is 0.0115. The lowest BCUT2D eigenvalue weighted by atomic mass is 10.1. The molecule has 9 heteroatoms. The van der Waals surface area contributed by atoms with Crippen molar-refractivity contribution < 1.29 is 28.4 Å². The number of furan rings is 1. The van der Waals surface area contributed by atoms with E-state index in [1.165, 1.54) is 25.3 Å². The number of rotatable bonds is 6. The Hall–Kier alpha value is -3.36. The van der Waals surface area contributed by atoms with E-state index < -0.39 is 23.4 Å². The van der Waals surface area contributed by atoms with Crippen LogP contribution in [0.3, 0.4) is 0 Å². The number of nitrogens with zero attached hydrogens (tertiary/aromatic N) is 1. The highest BCUT2D eigenvalue weighted by Gasteiger charge is 2.20. The van der Waals surface area contributed by atoms with Gasteiger partial charge < -0.3 is 19.2 Å². The highest BCUT2D eigenvalue weighted by atomic mass is 16.6. The molecule has 0 fully saturated rings. The Morgan fingerprint density at radius 3 is 2.46 bits per heavy atom. The van der Waals surface area contributed by atoms with Crippen LogP contribution in [0.2, 0.25) is 0 Å². The monoisotopic (exact) mass is 362 g/mol. The smallest absolute Gasteiger partial charge is 0.342 e. The number of carbonyl (C=O) groups excluding carboxylic acids is 2. The van der Waals surface area contributed by atoms with E-state index >= 15 is 0 Å². The number of nitro groups is 1. The molecule has 0 saturated carbocycles. The lowest BCUT2D eigenvalue weighted by Gasteiger charge is -2.11.